The van der Waals surface area contributed by atoms with Crippen LogP contribution >= 0.6 is 0 Å². The van der Waals surface area contributed by atoms with Crippen LogP contribution in [0, 0.1) is 19.7 Å². The second-order valence-electron chi connectivity index (χ2n) is 11.4. The van der Waals surface area contributed by atoms with Crippen LogP contribution in [0.2, 0.25) is 0 Å². The number of amides is 1. The van der Waals surface area contributed by atoms with Gasteiger partial charge in [-0.15, -0.1) is 0 Å². The summed E-state index contributed by atoms with van der Waals surface area (Å²) in [6.07, 6.45) is 9.28. The third-order valence-corrected chi connectivity index (χ3v) is 8.95. The molecule has 0 fully saturated rings. The molecule has 0 bridgehead atoms. The van der Waals surface area contributed by atoms with E-state index < -0.39 is 0 Å². The third-order valence-electron chi connectivity index (χ3n) is 8.95. The summed E-state index contributed by atoms with van der Waals surface area (Å²) in [5.74, 6) is -0.161. The first kappa shape index (κ1) is 25.8. The summed E-state index contributed by atoms with van der Waals surface area (Å²) < 4.78 is 14.8. The fourth-order valence-corrected chi connectivity index (χ4v) is 6.65. The Labute approximate surface area is 231 Å². The standard InChI is InChI=1S/C35H37FN2O/c1-24-15-16-29(19-25(24)2)35-32-13-7-5-9-26(32)17-18-37(35)23-34(39)38(22-30-12-6-8-14-33(30)36)31-20-27-10-3-4-11-28(27)21-31/h3,5-10,12-16,19,31,35H,4,11,17-18,20-23H2,1-2H3. The minimum absolute atomic E-state index is 0.0198. The number of hydrogen-bond acceptors (Lipinski definition) is 2. The molecule has 2 atom stereocenters. The van der Waals surface area contributed by atoms with Gasteiger partial charge in [-0.25, -0.2) is 4.39 Å². The summed E-state index contributed by atoms with van der Waals surface area (Å²) in [7, 11) is 0. The molecule has 200 valence electrons. The van der Waals surface area contributed by atoms with E-state index in [1.165, 1.54) is 45.0 Å². The van der Waals surface area contributed by atoms with Gasteiger partial charge in [0.1, 0.15) is 5.82 Å². The number of allylic oxidation sites excluding steroid dienone is 2. The summed E-state index contributed by atoms with van der Waals surface area (Å²) in [5.41, 5.74) is 9.82. The van der Waals surface area contributed by atoms with E-state index in [4.69, 9.17) is 0 Å². The molecule has 3 aromatic carbocycles. The van der Waals surface area contributed by atoms with Gasteiger partial charge < -0.3 is 4.90 Å². The summed E-state index contributed by atoms with van der Waals surface area (Å²) in [5, 5.41) is 0. The number of carbonyl (C=O) groups is 1. The van der Waals surface area contributed by atoms with Crippen LogP contribution in [0.1, 0.15) is 65.1 Å². The first-order valence-electron chi connectivity index (χ1n) is 14.3. The van der Waals surface area contributed by atoms with Crippen LogP contribution in [0.15, 0.2) is 90.0 Å². The number of aryl methyl sites for hydroxylation is 2. The predicted octanol–water partition coefficient (Wildman–Crippen LogP) is 7.23. The van der Waals surface area contributed by atoms with E-state index in [9.17, 15) is 9.18 Å². The highest BCUT2D eigenvalue weighted by atomic mass is 19.1. The Morgan fingerprint density at radius 2 is 1.79 bits per heavy atom. The maximum Gasteiger partial charge on any atom is 0.237 e. The van der Waals surface area contributed by atoms with Gasteiger partial charge in [0.25, 0.3) is 0 Å². The molecule has 4 heteroatoms. The maximum absolute atomic E-state index is 14.8. The Bertz CT molecular complexity index is 1450. The second-order valence-corrected chi connectivity index (χ2v) is 11.4. The monoisotopic (exact) mass is 520 g/mol. The van der Waals surface area contributed by atoms with E-state index in [0.29, 0.717) is 18.7 Å². The van der Waals surface area contributed by atoms with Crippen LogP contribution in [0.5, 0.6) is 0 Å². The largest absolute Gasteiger partial charge is 0.334 e. The fraction of sp³-hybridized carbons (Fsp3) is 0.343. The summed E-state index contributed by atoms with van der Waals surface area (Å²) in [6.45, 7) is 5.73. The van der Waals surface area contributed by atoms with Crippen LogP contribution in [0.3, 0.4) is 0 Å². The quantitative estimate of drug-likeness (QED) is 0.342. The van der Waals surface area contributed by atoms with Crippen molar-refractivity contribution >= 4 is 5.91 Å². The van der Waals surface area contributed by atoms with E-state index in [1.54, 1.807) is 6.07 Å². The highest BCUT2D eigenvalue weighted by Gasteiger charge is 2.35. The highest BCUT2D eigenvalue weighted by molar-refractivity contribution is 5.79. The second kappa shape index (κ2) is 10.9. The van der Waals surface area contributed by atoms with E-state index in [0.717, 1.165) is 38.6 Å². The maximum atomic E-state index is 14.8. The lowest BCUT2D eigenvalue weighted by Gasteiger charge is -2.39. The number of carbonyl (C=O) groups excluding carboxylic acids is 1. The molecule has 39 heavy (non-hydrogen) atoms. The first-order chi connectivity index (χ1) is 19.0. The topological polar surface area (TPSA) is 23.6 Å². The van der Waals surface area contributed by atoms with E-state index >= 15 is 0 Å². The van der Waals surface area contributed by atoms with Gasteiger partial charge in [-0.1, -0.05) is 78.4 Å². The number of benzene rings is 3. The molecule has 1 heterocycles. The highest BCUT2D eigenvalue weighted by Crippen LogP contribution is 2.38. The van der Waals surface area contributed by atoms with Crippen molar-refractivity contribution in [1.29, 1.82) is 0 Å². The van der Waals surface area contributed by atoms with Crippen LogP contribution in [-0.2, 0) is 17.8 Å². The number of nitrogens with zero attached hydrogens (tertiary/aromatic N) is 2. The van der Waals surface area contributed by atoms with Gasteiger partial charge >= 0.3 is 0 Å². The van der Waals surface area contributed by atoms with Crippen molar-refractivity contribution in [2.75, 3.05) is 13.1 Å². The molecule has 0 saturated heterocycles. The van der Waals surface area contributed by atoms with Crippen molar-refractivity contribution in [2.24, 2.45) is 0 Å². The lowest BCUT2D eigenvalue weighted by atomic mass is 9.87. The molecule has 0 aromatic heterocycles. The van der Waals surface area contributed by atoms with Gasteiger partial charge in [-0.3, -0.25) is 9.69 Å². The van der Waals surface area contributed by atoms with Gasteiger partial charge in [0, 0.05) is 24.7 Å². The van der Waals surface area contributed by atoms with Gasteiger partial charge in [0.15, 0.2) is 0 Å². The van der Waals surface area contributed by atoms with E-state index in [2.05, 4.69) is 73.4 Å². The molecule has 0 saturated carbocycles. The van der Waals surface area contributed by atoms with Crippen molar-refractivity contribution in [3.05, 3.63) is 129 Å². The Hall–Kier alpha value is -3.50. The molecule has 2 aliphatic carbocycles. The molecule has 2 unspecified atom stereocenters. The molecule has 1 aliphatic heterocycles. The lowest BCUT2D eigenvalue weighted by Crippen LogP contribution is -2.47. The zero-order chi connectivity index (χ0) is 26.9. The van der Waals surface area contributed by atoms with Crippen LogP contribution in [0.25, 0.3) is 0 Å². The summed E-state index contributed by atoms with van der Waals surface area (Å²) in [4.78, 5) is 18.6. The van der Waals surface area contributed by atoms with Crippen LogP contribution < -0.4 is 0 Å². The van der Waals surface area contributed by atoms with Crippen LogP contribution in [0.4, 0.5) is 4.39 Å². The molecule has 0 spiro atoms. The van der Waals surface area contributed by atoms with Gasteiger partial charge in [-0.05, 0) is 85.4 Å². The number of rotatable bonds is 6. The number of halogens is 1. The van der Waals surface area contributed by atoms with Crippen molar-refractivity contribution < 1.29 is 9.18 Å². The minimum atomic E-state index is -0.245. The van der Waals surface area contributed by atoms with Gasteiger partial charge in [0.05, 0.1) is 12.6 Å². The molecule has 0 radical (unpaired) electrons. The van der Waals surface area contributed by atoms with Crippen molar-refractivity contribution in [3.63, 3.8) is 0 Å². The molecular formula is C35H37FN2O. The number of fused-ring (bicyclic) bond motifs is 1. The Morgan fingerprint density at radius 3 is 2.62 bits per heavy atom. The molecule has 3 nitrogen and oxygen atoms in total. The summed E-state index contributed by atoms with van der Waals surface area (Å²) >= 11 is 0. The minimum Gasteiger partial charge on any atom is -0.334 e. The Balaban J connectivity index is 1.31. The fourth-order valence-electron chi connectivity index (χ4n) is 6.65. The molecule has 1 amide bonds. The molecule has 6 rings (SSSR count). The Morgan fingerprint density at radius 1 is 0.974 bits per heavy atom. The van der Waals surface area contributed by atoms with E-state index in [-0.39, 0.29) is 23.8 Å². The normalized spacial score (nSPS) is 20.6. The molecule has 3 aliphatic rings. The average Bonchev–Trinajstić information content (AvgIpc) is 3.38. The predicted molar refractivity (Wildman–Crippen MR) is 155 cm³/mol. The third kappa shape index (κ3) is 5.23. The van der Waals surface area contributed by atoms with E-state index in [1.807, 2.05) is 17.0 Å². The lowest BCUT2D eigenvalue weighted by molar-refractivity contribution is -0.136. The molecular weight excluding hydrogens is 483 g/mol. The van der Waals surface area contributed by atoms with Gasteiger partial charge in [0.2, 0.25) is 5.91 Å². The average molecular weight is 521 g/mol. The number of hydrogen-bond donors (Lipinski definition) is 0. The van der Waals surface area contributed by atoms with Crippen molar-refractivity contribution in [2.45, 2.75) is 64.6 Å². The Kier molecular flexibility index (Phi) is 7.22. The van der Waals surface area contributed by atoms with Crippen molar-refractivity contribution in [1.82, 2.24) is 9.80 Å². The molecule has 0 N–H and O–H groups in total. The zero-order valence-corrected chi connectivity index (χ0v) is 23.0. The first-order valence-corrected chi connectivity index (χ1v) is 14.3. The molecule has 3 aromatic rings. The summed E-state index contributed by atoms with van der Waals surface area (Å²) in [6, 6.07) is 22.3. The van der Waals surface area contributed by atoms with Crippen molar-refractivity contribution in [3.8, 4) is 0 Å². The zero-order valence-electron chi connectivity index (χ0n) is 23.0. The SMILES string of the molecule is Cc1ccc(C2c3ccccc3CCN2CC(=O)N(Cc2ccccc2F)C2CC3=C(CCC=C3)C2)cc1C. The van der Waals surface area contributed by atoms with Crippen LogP contribution in [-0.4, -0.2) is 34.8 Å². The van der Waals surface area contributed by atoms with Gasteiger partial charge in [-0.2, -0.15) is 0 Å². The smallest absolute Gasteiger partial charge is 0.237 e.